The van der Waals surface area contributed by atoms with Crippen LogP contribution in [-0.4, -0.2) is 29.2 Å². The molecule has 0 radical (unpaired) electrons. The highest BCUT2D eigenvalue weighted by Gasteiger charge is 2.45. The lowest BCUT2D eigenvalue weighted by Crippen LogP contribution is -2.33. The van der Waals surface area contributed by atoms with Crippen molar-refractivity contribution in [2.24, 2.45) is 62.3 Å². The van der Waals surface area contributed by atoms with E-state index in [1.165, 1.54) is 34.2 Å². The number of rotatable bonds is 2. The van der Waals surface area contributed by atoms with Crippen LogP contribution in [0.3, 0.4) is 0 Å². The minimum atomic E-state index is 0.262. The van der Waals surface area contributed by atoms with Crippen LogP contribution in [0.1, 0.15) is 68.2 Å². The van der Waals surface area contributed by atoms with E-state index in [0.29, 0.717) is 47.3 Å². The lowest BCUT2D eigenvalue weighted by molar-refractivity contribution is 0.310. The molecule has 10 atom stereocenters. The first-order valence-electron chi connectivity index (χ1n) is 13.4. The van der Waals surface area contributed by atoms with Crippen molar-refractivity contribution in [2.45, 2.75) is 80.3 Å². The van der Waals surface area contributed by atoms with Crippen LogP contribution < -0.4 is 5.32 Å². The van der Waals surface area contributed by atoms with Gasteiger partial charge in [-0.3, -0.25) is 15.0 Å². The van der Waals surface area contributed by atoms with Gasteiger partial charge in [-0.1, -0.05) is 55.4 Å². The van der Waals surface area contributed by atoms with Crippen molar-refractivity contribution in [1.29, 1.82) is 0 Å². The summed E-state index contributed by atoms with van der Waals surface area (Å²) in [5, 5.41) is 3.83. The van der Waals surface area contributed by atoms with Gasteiger partial charge in [-0.05, 0) is 42.9 Å². The first-order chi connectivity index (χ1) is 15.7. The van der Waals surface area contributed by atoms with E-state index >= 15 is 0 Å². The van der Waals surface area contributed by atoms with E-state index in [2.05, 4.69) is 78.9 Å². The Labute approximate surface area is 200 Å². The van der Waals surface area contributed by atoms with Crippen molar-refractivity contribution < 1.29 is 0 Å². The molecule has 5 aliphatic heterocycles. The molecule has 33 heavy (non-hydrogen) atoms. The summed E-state index contributed by atoms with van der Waals surface area (Å²) in [6, 6.07) is 0.529. The fourth-order valence-corrected chi connectivity index (χ4v) is 6.93. The van der Waals surface area contributed by atoms with Crippen molar-refractivity contribution in [2.75, 3.05) is 0 Å². The standard InChI is InChI=1S/C29H42N4/c1-9-20-18(7)24-11-22-14(3)16(5)28(32-22)29-17(6)15(4)23(33-29)12-25-19(8)21(10-2)27(31-25)13-26(20)30-24/h11-21,28-30H,9-10H2,1-8H3/b24-11-,25-12-,26-13-. The number of nitrogens with zero attached hydrogens (tertiary/aromatic N) is 3. The van der Waals surface area contributed by atoms with Gasteiger partial charge in [0.25, 0.3) is 0 Å². The summed E-state index contributed by atoms with van der Waals surface area (Å²) in [6.45, 7) is 18.8. The molecular weight excluding hydrogens is 404 g/mol. The highest BCUT2D eigenvalue weighted by Crippen LogP contribution is 2.43. The average Bonchev–Trinajstić information content (AvgIpc) is 3.43. The number of nitrogens with one attached hydrogen (secondary N) is 1. The normalized spacial score (nSPS) is 48.8. The number of allylic oxidation sites excluding steroid dienone is 6. The monoisotopic (exact) mass is 446 g/mol. The molecule has 0 saturated carbocycles. The van der Waals surface area contributed by atoms with Crippen LogP contribution in [-0.2, 0) is 0 Å². The third-order valence-electron chi connectivity index (χ3n) is 9.81. The van der Waals surface area contributed by atoms with Crippen LogP contribution in [0.5, 0.6) is 0 Å². The molecule has 8 bridgehead atoms. The molecule has 1 fully saturated rings. The Bertz CT molecular complexity index is 1010. The first-order valence-corrected chi connectivity index (χ1v) is 13.4. The topological polar surface area (TPSA) is 49.1 Å². The summed E-state index contributed by atoms with van der Waals surface area (Å²) in [7, 11) is 0. The van der Waals surface area contributed by atoms with Gasteiger partial charge >= 0.3 is 0 Å². The van der Waals surface area contributed by atoms with E-state index in [4.69, 9.17) is 15.0 Å². The zero-order valence-corrected chi connectivity index (χ0v) is 21.8. The largest absolute Gasteiger partial charge is 0.362 e. The molecule has 0 aromatic heterocycles. The molecule has 5 heterocycles. The van der Waals surface area contributed by atoms with Gasteiger partial charge < -0.3 is 5.32 Å². The SMILES string of the molecule is CCC1C2=NC(=C\C3=NC(C(C)C3C)C3N=C(/C=C4\N/C(=C\2)C(CC)C4C)C(C)C3C)/C1C. The summed E-state index contributed by atoms with van der Waals surface area (Å²) in [6.07, 6.45) is 9.34. The van der Waals surface area contributed by atoms with Gasteiger partial charge in [0.15, 0.2) is 0 Å². The lowest BCUT2D eigenvalue weighted by atomic mass is 9.80. The van der Waals surface area contributed by atoms with E-state index < -0.39 is 0 Å². The van der Waals surface area contributed by atoms with Gasteiger partial charge in [0.2, 0.25) is 0 Å². The molecule has 0 aromatic carbocycles. The molecule has 4 heteroatoms. The average molecular weight is 447 g/mol. The van der Waals surface area contributed by atoms with Gasteiger partial charge in [0.05, 0.1) is 12.1 Å². The fourth-order valence-electron chi connectivity index (χ4n) is 6.93. The van der Waals surface area contributed by atoms with E-state index in [1.807, 2.05) is 0 Å². The Hall–Kier alpha value is -1.97. The zero-order chi connectivity index (χ0) is 23.6. The second-order valence-corrected chi connectivity index (χ2v) is 11.4. The summed E-state index contributed by atoms with van der Waals surface area (Å²) in [5.41, 5.74) is 7.63. The smallest absolute Gasteiger partial charge is 0.0761 e. The number of fused-ring (bicyclic) bond motifs is 6. The molecule has 0 spiro atoms. The van der Waals surface area contributed by atoms with Gasteiger partial charge in [-0.15, -0.1) is 0 Å². The molecule has 5 rings (SSSR count). The highest BCUT2D eigenvalue weighted by molar-refractivity contribution is 6.04. The molecule has 0 amide bonds. The van der Waals surface area contributed by atoms with Crippen LogP contribution in [0.25, 0.3) is 0 Å². The fraction of sp³-hybridized carbons (Fsp3) is 0.690. The lowest BCUT2D eigenvalue weighted by Gasteiger charge is -2.25. The quantitative estimate of drug-likeness (QED) is 0.537. The van der Waals surface area contributed by atoms with Crippen LogP contribution >= 0.6 is 0 Å². The Kier molecular flexibility index (Phi) is 5.77. The van der Waals surface area contributed by atoms with Gasteiger partial charge in [-0.2, -0.15) is 0 Å². The van der Waals surface area contributed by atoms with Crippen molar-refractivity contribution in [3.63, 3.8) is 0 Å². The summed E-state index contributed by atoms with van der Waals surface area (Å²) < 4.78 is 0. The van der Waals surface area contributed by atoms with Crippen LogP contribution in [0.15, 0.2) is 50.3 Å². The maximum Gasteiger partial charge on any atom is 0.0761 e. The molecular formula is C29H42N4. The van der Waals surface area contributed by atoms with E-state index in [9.17, 15) is 0 Å². The first kappa shape index (κ1) is 22.8. The molecule has 5 aliphatic rings. The second-order valence-electron chi connectivity index (χ2n) is 11.4. The van der Waals surface area contributed by atoms with Crippen molar-refractivity contribution in [3.05, 3.63) is 35.3 Å². The van der Waals surface area contributed by atoms with Crippen molar-refractivity contribution >= 4 is 17.1 Å². The Balaban J connectivity index is 1.69. The van der Waals surface area contributed by atoms with Crippen molar-refractivity contribution in [1.82, 2.24) is 5.32 Å². The molecule has 10 unspecified atom stereocenters. The predicted octanol–water partition coefficient (Wildman–Crippen LogP) is 6.22. The van der Waals surface area contributed by atoms with Gasteiger partial charge in [-0.25, -0.2) is 0 Å². The maximum absolute atomic E-state index is 5.34. The Morgan fingerprint density at radius 1 is 0.636 bits per heavy atom. The molecule has 0 aromatic rings. The molecule has 0 aliphatic carbocycles. The van der Waals surface area contributed by atoms with Crippen LogP contribution in [0.2, 0.25) is 0 Å². The minimum absolute atomic E-state index is 0.262. The number of hydrogen-bond donors (Lipinski definition) is 1. The molecule has 1 saturated heterocycles. The van der Waals surface area contributed by atoms with Crippen LogP contribution in [0, 0.1) is 47.3 Å². The minimum Gasteiger partial charge on any atom is -0.362 e. The second kappa shape index (κ2) is 8.36. The summed E-state index contributed by atoms with van der Waals surface area (Å²) >= 11 is 0. The van der Waals surface area contributed by atoms with Crippen LogP contribution in [0.4, 0.5) is 0 Å². The number of aliphatic imine (C=N–C) groups is 3. The summed E-state index contributed by atoms with van der Waals surface area (Å²) in [5.74, 6) is 3.82. The predicted molar refractivity (Wildman–Crippen MR) is 140 cm³/mol. The Morgan fingerprint density at radius 2 is 1.18 bits per heavy atom. The van der Waals surface area contributed by atoms with Gasteiger partial charge in [0.1, 0.15) is 0 Å². The van der Waals surface area contributed by atoms with E-state index in [-0.39, 0.29) is 12.1 Å². The maximum atomic E-state index is 5.34. The van der Waals surface area contributed by atoms with E-state index in [1.54, 1.807) is 0 Å². The number of hydrogen-bond acceptors (Lipinski definition) is 4. The highest BCUT2D eigenvalue weighted by atomic mass is 15.0. The molecule has 4 nitrogen and oxygen atoms in total. The Morgan fingerprint density at radius 3 is 1.76 bits per heavy atom. The molecule has 1 N–H and O–H groups in total. The van der Waals surface area contributed by atoms with Crippen molar-refractivity contribution in [3.8, 4) is 0 Å². The third kappa shape index (κ3) is 3.51. The van der Waals surface area contributed by atoms with E-state index in [0.717, 1.165) is 12.8 Å². The summed E-state index contributed by atoms with van der Waals surface area (Å²) in [4.78, 5) is 15.9. The molecule has 178 valence electrons. The van der Waals surface area contributed by atoms with Gasteiger partial charge in [0, 0.05) is 69.7 Å². The zero-order valence-electron chi connectivity index (χ0n) is 21.8. The third-order valence-corrected chi connectivity index (χ3v) is 9.81.